The van der Waals surface area contributed by atoms with E-state index in [1.807, 2.05) is 14.1 Å². The van der Waals surface area contributed by atoms with Crippen molar-refractivity contribution < 1.29 is 14.3 Å². The Hall–Kier alpha value is -1.32. The smallest absolute Gasteiger partial charge is 0.313 e. The van der Waals surface area contributed by atoms with E-state index < -0.39 is 0 Å². The summed E-state index contributed by atoms with van der Waals surface area (Å²) in [6.07, 6.45) is 3.73. The van der Waals surface area contributed by atoms with Gasteiger partial charge in [0, 0.05) is 32.3 Å². The highest BCUT2D eigenvalue weighted by molar-refractivity contribution is 6.01. The number of nitrogens with zero attached hydrogens (tertiary/aromatic N) is 1. The Kier molecular flexibility index (Phi) is 3.88. The largest absolute Gasteiger partial charge is 0.469 e. The van der Waals surface area contributed by atoms with Crippen molar-refractivity contribution >= 4 is 11.8 Å². The van der Waals surface area contributed by atoms with Crippen molar-refractivity contribution in [3.63, 3.8) is 0 Å². The second-order valence-electron chi connectivity index (χ2n) is 3.94. The van der Waals surface area contributed by atoms with Crippen molar-refractivity contribution in [2.75, 3.05) is 21.2 Å². The van der Waals surface area contributed by atoms with Gasteiger partial charge in [0.1, 0.15) is 0 Å². The van der Waals surface area contributed by atoms with Crippen LogP contribution in [0.1, 0.15) is 19.3 Å². The first-order chi connectivity index (χ1) is 7.06. The number of Topliss-reactive ketones (excluding diaryl/α,β-unsaturated/α-hetero) is 1. The highest BCUT2D eigenvalue weighted by Crippen LogP contribution is 2.27. The third-order valence-electron chi connectivity index (χ3n) is 2.48. The lowest BCUT2D eigenvalue weighted by atomic mass is 9.84. The SMILES string of the molecule is COC(=O)C1CCCC(=O)/C1=C/N(C)C. The number of carbonyl (C=O) groups excluding carboxylic acids is 2. The van der Waals surface area contributed by atoms with E-state index in [1.54, 1.807) is 11.1 Å². The second-order valence-corrected chi connectivity index (χ2v) is 3.94. The summed E-state index contributed by atoms with van der Waals surface area (Å²) in [5, 5.41) is 0. The summed E-state index contributed by atoms with van der Waals surface area (Å²) >= 11 is 0. The van der Waals surface area contributed by atoms with Gasteiger partial charge in [0.05, 0.1) is 13.0 Å². The second kappa shape index (κ2) is 4.96. The molecule has 1 unspecified atom stereocenters. The van der Waals surface area contributed by atoms with Gasteiger partial charge in [-0.1, -0.05) is 0 Å². The summed E-state index contributed by atoms with van der Waals surface area (Å²) in [4.78, 5) is 24.9. The number of hydrogen-bond donors (Lipinski definition) is 0. The predicted molar refractivity (Wildman–Crippen MR) is 56.1 cm³/mol. The molecule has 4 heteroatoms. The molecule has 0 aromatic rings. The average Bonchev–Trinajstić information content (AvgIpc) is 2.19. The van der Waals surface area contributed by atoms with Crippen molar-refractivity contribution in [2.45, 2.75) is 19.3 Å². The molecule has 0 bridgehead atoms. The van der Waals surface area contributed by atoms with Crippen LogP contribution in [0.25, 0.3) is 0 Å². The molecule has 4 nitrogen and oxygen atoms in total. The first kappa shape index (κ1) is 11.8. The van der Waals surface area contributed by atoms with Crippen LogP contribution in [0.5, 0.6) is 0 Å². The van der Waals surface area contributed by atoms with Crippen molar-refractivity contribution in [3.05, 3.63) is 11.8 Å². The zero-order chi connectivity index (χ0) is 11.4. The predicted octanol–water partition coefficient (Wildman–Crippen LogP) is 0.974. The molecule has 0 aromatic carbocycles. The summed E-state index contributed by atoms with van der Waals surface area (Å²) in [6, 6.07) is 0. The number of ketones is 1. The molecule has 0 saturated heterocycles. The Bertz CT molecular complexity index is 294. The number of ether oxygens (including phenoxy) is 1. The molecule has 0 N–H and O–H groups in total. The maximum Gasteiger partial charge on any atom is 0.313 e. The quantitative estimate of drug-likeness (QED) is 0.504. The Labute approximate surface area is 89.9 Å². The maximum atomic E-state index is 11.7. The molecule has 15 heavy (non-hydrogen) atoms. The van der Waals surface area contributed by atoms with Gasteiger partial charge in [-0.05, 0) is 12.8 Å². The molecular weight excluding hydrogens is 194 g/mol. The van der Waals surface area contributed by atoms with Crippen molar-refractivity contribution in [1.82, 2.24) is 4.90 Å². The minimum Gasteiger partial charge on any atom is -0.469 e. The van der Waals surface area contributed by atoms with E-state index >= 15 is 0 Å². The Balaban J connectivity index is 2.92. The molecule has 1 rings (SSSR count). The molecule has 1 atom stereocenters. The van der Waals surface area contributed by atoms with Crippen LogP contribution in [0.3, 0.4) is 0 Å². The van der Waals surface area contributed by atoms with Crippen LogP contribution in [0.2, 0.25) is 0 Å². The van der Waals surface area contributed by atoms with Gasteiger partial charge in [-0.3, -0.25) is 9.59 Å². The molecule has 1 saturated carbocycles. The summed E-state index contributed by atoms with van der Waals surface area (Å²) in [5.74, 6) is -0.625. The number of rotatable bonds is 2. The number of esters is 1. The van der Waals surface area contributed by atoms with Crippen LogP contribution >= 0.6 is 0 Å². The summed E-state index contributed by atoms with van der Waals surface area (Å²) in [7, 11) is 5.03. The van der Waals surface area contributed by atoms with E-state index in [9.17, 15) is 9.59 Å². The zero-order valence-corrected chi connectivity index (χ0v) is 9.45. The van der Waals surface area contributed by atoms with Gasteiger partial charge >= 0.3 is 5.97 Å². The lowest BCUT2D eigenvalue weighted by Crippen LogP contribution is -2.28. The fourth-order valence-corrected chi connectivity index (χ4v) is 1.79. The van der Waals surface area contributed by atoms with Gasteiger partial charge < -0.3 is 9.64 Å². The van der Waals surface area contributed by atoms with Crippen LogP contribution in [0.15, 0.2) is 11.8 Å². The lowest BCUT2D eigenvalue weighted by Gasteiger charge is -2.23. The average molecular weight is 211 g/mol. The molecule has 0 amide bonds. The van der Waals surface area contributed by atoms with Gasteiger partial charge in [-0.15, -0.1) is 0 Å². The van der Waals surface area contributed by atoms with Crippen LogP contribution < -0.4 is 0 Å². The van der Waals surface area contributed by atoms with Gasteiger partial charge in [0.15, 0.2) is 5.78 Å². The molecule has 0 aliphatic heterocycles. The van der Waals surface area contributed by atoms with E-state index in [-0.39, 0.29) is 17.7 Å². The first-order valence-corrected chi connectivity index (χ1v) is 5.05. The van der Waals surface area contributed by atoms with E-state index in [4.69, 9.17) is 4.74 Å². The van der Waals surface area contributed by atoms with Gasteiger partial charge in [-0.2, -0.15) is 0 Å². The summed E-state index contributed by atoms with van der Waals surface area (Å²) in [6.45, 7) is 0. The molecule has 0 spiro atoms. The van der Waals surface area contributed by atoms with E-state index in [0.29, 0.717) is 18.4 Å². The number of methoxy groups -OCH3 is 1. The van der Waals surface area contributed by atoms with Gasteiger partial charge in [0.25, 0.3) is 0 Å². The molecule has 0 radical (unpaired) electrons. The monoisotopic (exact) mass is 211 g/mol. The van der Waals surface area contributed by atoms with E-state index in [1.165, 1.54) is 7.11 Å². The number of carbonyl (C=O) groups is 2. The number of hydrogen-bond acceptors (Lipinski definition) is 4. The third-order valence-corrected chi connectivity index (χ3v) is 2.48. The minimum absolute atomic E-state index is 0.0605. The molecule has 0 heterocycles. The summed E-state index contributed by atoms with van der Waals surface area (Å²) < 4.78 is 4.70. The van der Waals surface area contributed by atoms with Crippen molar-refractivity contribution in [1.29, 1.82) is 0 Å². The molecule has 1 aliphatic carbocycles. The van der Waals surface area contributed by atoms with E-state index in [0.717, 1.165) is 6.42 Å². The Morgan fingerprint density at radius 2 is 2.20 bits per heavy atom. The van der Waals surface area contributed by atoms with Crippen LogP contribution in [0, 0.1) is 5.92 Å². The minimum atomic E-state index is -0.376. The van der Waals surface area contributed by atoms with E-state index in [2.05, 4.69) is 0 Å². The Morgan fingerprint density at radius 1 is 1.53 bits per heavy atom. The molecule has 84 valence electrons. The standard InChI is InChI=1S/C11H17NO3/c1-12(2)7-9-8(11(14)15-3)5-4-6-10(9)13/h7-8H,4-6H2,1-3H3/b9-7+. The Morgan fingerprint density at radius 3 is 2.73 bits per heavy atom. The lowest BCUT2D eigenvalue weighted by molar-refractivity contribution is -0.145. The topological polar surface area (TPSA) is 46.6 Å². The zero-order valence-electron chi connectivity index (χ0n) is 9.45. The first-order valence-electron chi connectivity index (χ1n) is 5.05. The molecule has 1 fully saturated rings. The molecule has 0 aromatic heterocycles. The molecule has 1 aliphatic rings. The third kappa shape index (κ3) is 2.81. The van der Waals surface area contributed by atoms with Crippen LogP contribution in [0.4, 0.5) is 0 Å². The highest BCUT2D eigenvalue weighted by atomic mass is 16.5. The highest BCUT2D eigenvalue weighted by Gasteiger charge is 2.31. The van der Waals surface area contributed by atoms with Gasteiger partial charge in [-0.25, -0.2) is 0 Å². The maximum absolute atomic E-state index is 11.7. The fraction of sp³-hybridized carbons (Fsp3) is 0.636. The fourth-order valence-electron chi connectivity index (χ4n) is 1.79. The van der Waals surface area contributed by atoms with Crippen molar-refractivity contribution in [3.8, 4) is 0 Å². The van der Waals surface area contributed by atoms with Crippen LogP contribution in [-0.2, 0) is 14.3 Å². The summed E-state index contributed by atoms with van der Waals surface area (Å²) in [5.41, 5.74) is 0.582. The molecular formula is C11H17NO3. The van der Waals surface area contributed by atoms with Crippen molar-refractivity contribution in [2.24, 2.45) is 5.92 Å². The normalized spacial score (nSPS) is 24.1. The van der Waals surface area contributed by atoms with Crippen LogP contribution in [-0.4, -0.2) is 37.9 Å². The van der Waals surface area contributed by atoms with Gasteiger partial charge in [0.2, 0.25) is 0 Å².